The van der Waals surface area contributed by atoms with Crippen LogP contribution in [0, 0.1) is 0 Å². The first kappa shape index (κ1) is 18.7. The Kier molecular flexibility index (Phi) is 6.62. The van der Waals surface area contributed by atoms with Crippen molar-refractivity contribution < 1.29 is 42.6 Å². The largest absolute Gasteiger partial charge is 0.490 e. The van der Waals surface area contributed by atoms with E-state index in [4.69, 9.17) is 15.0 Å². The van der Waals surface area contributed by atoms with Crippen molar-refractivity contribution in [3.8, 4) is 0 Å². The summed E-state index contributed by atoms with van der Waals surface area (Å²) >= 11 is 0. The summed E-state index contributed by atoms with van der Waals surface area (Å²) < 4.78 is 31.7. The number of carbonyl (C=O) groups excluding carboxylic acids is 2. The molecular formula is C10H13F3N2O6. The van der Waals surface area contributed by atoms with E-state index < -0.39 is 36.1 Å². The Hall–Kier alpha value is -2.33. The van der Waals surface area contributed by atoms with Crippen LogP contribution in [0.3, 0.4) is 0 Å². The van der Waals surface area contributed by atoms with Gasteiger partial charge in [-0.3, -0.25) is 9.59 Å². The molecule has 0 aromatic rings. The van der Waals surface area contributed by atoms with Crippen LogP contribution >= 0.6 is 0 Å². The third kappa shape index (κ3) is 7.13. The molecule has 21 heavy (non-hydrogen) atoms. The zero-order chi connectivity index (χ0) is 16.8. The molecule has 1 heterocycles. The predicted octanol–water partition coefficient (Wildman–Crippen LogP) is -0.512. The first-order valence-corrected chi connectivity index (χ1v) is 5.57. The van der Waals surface area contributed by atoms with Crippen LogP contribution in [0.15, 0.2) is 0 Å². The van der Waals surface area contributed by atoms with Crippen LogP contribution in [-0.2, 0) is 19.2 Å². The van der Waals surface area contributed by atoms with E-state index in [0.29, 0.717) is 0 Å². The van der Waals surface area contributed by atoms with Gasteiger partial charge in [-0.15, -0.1) is 0 Å². The van der Waals surface area contributed by atoms with Gasteiger partial charge in [0.2, 0.25) is 11.8 Å². The average molecular weight is 314 g/mol. The second-order valence-corrected chi connectivity index (χ2v) is 4.03. The lowest BCUT2D eigenvalue weighted by molar-refractivity contribution is -0.192. The molecule has 2 atom stereocenters. The van der Waals surface area contributed by atoms with E-state index in [1.807, 2.05) is 0 Å². The summed E-state index contributed by atoms with van der Waals surface area (Å²) in [6, 6.07) is -1.64. The van der Waals surface area contributed by atoms with Gasteiger partial charge in [-0.2, -0.15) is 13.2 Å². The van der Waals surface area contributed by atoms with Gasteiger partial charge in [0.15, 0.2) is 0 Å². The lowest BCUT2D eigenvalue weighted by Gasteiger charge is -2.21. The standard InChI is InChI=1S/C8H12N2O4.C2HF3O2/c1-4-7(12)10-5(8(13)14)2-3-6(11)9-4;3-2(4,5)1(6)7/h4-5H,2-3H2,1H3,(H,9,11)(H,10,12)(H,13,14);(H,6,7)/t4-,5+;/m1./s1. The third-order valence-corrected chi connectivity index (χ3v) is 2.29. The lowest BCUT2D eigenvalue weighted by atomic mass is 10.1. The molecule has 0 aliphatic carbocycles. The van der Waals surface area contributed by atoms with Crippen LogP contribution in [0.2, 0.25) is 0 Å². The van der Waals surface area contributed by atoms with Gasteiger partial charge in [0.1, 0.15) is 12.1 Å². The fourth-order valence-electron chi connectivity index (χ4n) is 1.21. The number of hydrogen-bond donors (Lipinski definition) is 4. The van der Waals surface area contributed by atoms with Crippen molar-refractivity contribution in [2.45, 2.75) is 38.0 Å². The maximum atomic E-state index is 11.2. The maximum absolute atomic E-state index is 11.2. The van der Waals surface area contributed by atoms with E-state index in [9.17, 15) is 27.6 Å². The number of rotatable bonds is 1. The smallest absolute Gasteiger partial charge is 0.480 e. The van der Waals surface area contributed by atoms with Gasteiger partial charge in [-0.1, -0.05) is 0 Å². The molecule has 0 aromatic carbocycles. The Labute approximate surface area is 116 Å². The monoisotopic (exact) mass is 314 g/mol. The number of alkyl halides is 3. The van der Waals surface area contributed by atoms with Crippen molar-refractivity contribution in [1.29, 1.82) is 0 Å². The van der Waals surface area contributed by atoms with Crippen molar-refractivity contribution in [2.75, 3.05) is 0 Å². The molecule has 2 amide bonds. The molecule has 0 radical (unpaired) electrons. The van der Waals surface area contributed by atoms with Crippen molar-refractivity contribution in [3.05, 3.63) is 0 Å². The quantitative estimate of drug-likeness (QED) is 0.515. The fourth-order valence-corrected chi connectivity index (χ4v) is 1.21. The normalized spacial score (nSPS) is 22.7. The summed E-state index contributed by atoms with van der Waals surface area (Å²) in [5, 5.41) is 20.6. The van der Waals surface area contributed by atoms with Crippen molar-refractivity contribution >= 4 is 23.8 Å². The van der Waals surface area contributed by atoms with E-state index in [1.54, 1.807) is 0 Å². The number of amides is 2. The topological polar surface area (TPSA) is 133 Å². The first-order valence-electron chi connectivity index (χ1n) is 5.57. The Bertz CT molecular complexity index is 437. The number of halogens is 3. The summed E-state index contributed by atoms with van der Waals surface area (Å²) in [6.07, 6.45) is -4.85. The zero-order valence-corrected chi connectivity index (χ0v) is 10.7. The first-order chi connectivity index (χ1) is 9.45. The van der Waals surface area contributed by atoms with Gasteiger partial charge in [0.05, 0.1) is 0 Å². The van der Waals surface area contributed by atoms with Crippen LogP contribution in [0.25, 0.3) is 0 Å². The number of carboxylic acids is 2. The summed E-state index contributed by atoms with van der Waals surface area (Å²) in [5.41, 5.74) is 0. The number of carboxylic acid groups (broad SMARTS) is 2. The minimum atomic E-state index is -5.08. The summed E-state index contributed by atoms with van der Waals surface area (Å²) in [6.45, 7) is 1.51. The molecule has 1 aliphatic heterocycles. The molecule has 0 unspecified atom stereocenters. The molecule has 8 nitrogen and oxygen atoms in total. The minimum Gasteiger partial charge on any atom is -0.480 e. The van der Waals surface area contributed by atoms with Gasteiger partial charge in [0, 0.05) is 6.42 Å². The van der Waals surface area contributed by atoms with Crippen LogP contribution in [0.1, 0.15) is 19.8 Å². The zero-order valence-electron chi connectivity index (χ0n) is 10.7. The van der Waals surface area contributed by atoms with Crippen molar-refractivity contribution in [1.82, 2.24) is 10.6 Å². The second-order valence-electron chi connectivity index (χ2n) is 4.03. The Balaban J connectivity index is 0.000000486. The molecule has 11 heteroatoms. The highest BCUT2D eigenvalue weighted by molar-refractivity contribution is 5.91. The highest BCUT2D eigenvalue weighted by atomic mass is 19.4. The highest BCUT2D eigenvalue weighted by Gasteiger charge is 2.38. The third-order valence-electron chi connectivity index (χ3n) is 2.29. The summed E-state index contributed by atoms with van der Waals surface area (Å²) in [5.74, 6) is -4.63. The lowest BCUT2D eigenvalue weighted by Crippen LogP contribution is -2.52. The SMILES string of the molecule is C[C@H]1NC(=O)CC[C@@H](C(=O)O)NC1=O.O=C(O)C(F)(F)F. The van der Waals surface area contributed by atoms with Gasteiger partial charge in [-0.05, 0) is 13.3 Å². The van der Waals surface area contributed by atoms with Gasteiger partial charge in [0.25, 0.3) is 0 Å². The van der Waals surface area contributed by atoms with Gasteiger partial charge >= 0.3 is 18.1 Å². The molecule has 120 valence electrons. The van der Waals surface area contributed by atoms with Gasteiger partial charge < -0.3 is 20.8 Å². The molecule has 0 aromatic heterocycles. The molecule has 1 saturated heterocycles. The Morgan fingerprint density at radius 2 is 1.67 bits per heavy atom. The van der Waals surface area contributed by atoms with Gasteiger partial charge in [-0.25, -0.2) is 9.59 Å². The van der Waals surface area contributed by atoms with Crippen LogP contribution in [-0.4, -0.2) is 52.2 Å². The highest BCUT2D eigenvalue weighted by Crippen LogP contribution is 2.13. The average Bonchev–Trinajstić information content (AvgIpc) is 2.31. The summed E-state index contributed by atoms with van der Waals surface area (Å²) in [7, 11) is 0. The Morgan fingerprint density at radius 3 is 2.05 bits per heavy atom. The van der Waals surface area contributed by atoms with E-state index >= 15 is 0 Å². The number of nitrogens with one attached hydrogen (secondary N) is 2. The number of aliphatic carboxylic acids is 2. The van der Waals surface area contributed by atoms with E-state index in [2.05, 4.69) is 10.6 Å². The van der Waals surface area contributed by atoms with Crippen molar-refractivity contribution in [3.63, 3.8) is 0 Å². The molecule has 0 spiro atoms. The van der Waals surface area contributed by atoms with E-state index in [1.165, 1.54) is 6.92 Å². The van der Waals surface area contributed by atoms with Crippen molar-refractivity contribution in [2.24, 2.45) is 0 Å². The Morgan fingerprint density at radius 1 is 1.19 bits per heavy atom. The molecule has 0 bridgehead atoms. The predicted molar refractivity (Wildman–Crippen MR) is 60.1 cm³/mol. The van der Waals surface area contributed by atoms with Crippen LogP contribution in [0.4, 0.5) is 13.2 Å². The molecule has 1 aliphatic rings. The second kappa shape index (κ2) is 7.45. The maximum Gasteiger partial charge on any atom is 0.490 e. The van der Waals surface area contributed by atoms with E-state index in [0.717, 1.165) is 0 Å². The molecule has 0 saturated carbocycles. The minimum absolute atomic E-state index is 0.113. The summed E-state index contributed by atoms with van der Waals surface area (Å²) in [4.78, 5) is 41.8. The molecule has 1 rings (SSSR count). The van der Waals surface area contributed by atoms with Crippen LogP contribution < -0.4 is 10.6 Å². The number of hydrogen-bond acceptors (Lipinski definition) is 4. The molecule has 4 N–H and O–H groups in total. The molecule has 1 fully saturated rings. The fraction of sp³-hybridized carbons (Fsp3) is 0.600. The van der Waals surface area contributed by atoms with Crippen LogP contribution in [0.5, 0.6) is 0 Å². The molecular weight excluding hydrogens is 301 g/mol. The number of carbonyl (C=O) groups is 4. The van der Waals surface area contributed by atoms with E-state index in [-0.39, 0.29) is 18.7 Å².